The van der Waals surface area contributed by atoms with Crippen LogP contribution in [-0.2, 0) is 16.1 Å². The average Bonchev–Trinajstić information content (AvgIpc) is 3.04. The molecule has 1 N–H and O–H groups in total. The van der Waals surface area contributed by atoms with Crippen LogP contribution in [0.4, 0.5) is 5.69 Å². The molecule has 4 rings (SSSR count). The van der Waals surface area contributed by atoms with Crippen LogP contribution >= 0.6 is 0 Å². The zero-order valence-electron chi connectivity index (χ0n) is 17.9. The SMILES string of the molecule is CCOc1cccc(NC2=C(c3ccccc3OC)C(=O)N(Cc3ccncc3)C2=O)c1. The third kappa shape index (κ3) is 4.18. The van der Waals surface area contributed by atoms with Crippen LogP contribution in [0.2, 0.25) is 0 Å². The highest BCUT2D eigenvalue weighted by Gasteiger charge is 2.40. The molecular formula is C25H23N3O4. The summed E-state index contributed by atoms with van der Waals surface area (Å²) in [5.41, 5.74) is 2.46. The van der Waals surface area contributed by atoms with Gasteiger partial charge in [0.05, 0.1) is 25.8 Å². The van der Waals surface area contributed by atoms with E-state index in [1.807, 2.05) is 37.3 Å². The summed E-state index contributed by atoms with van der Waals surface area (Å²) in [6, 6.07) is 18.0. The van der Waals surface area contributed by atoms with Crippen molar-refractivity contribution in [2.75, 3.05) is 19.0 Å². The first-order valence-electron chi connectivity index (χ1n) is 10.2. The van der Waals surface area contributed by atoms with Gasteiger partial charge in [-0.05, 0) is 42.8 Å². The number of amides is 2. The first-order chi connectivity index (χ1) is 15.6. The van der Waals surface area contributed by atoms with Gasteiger partial charge in [0, 0.05) is 29.7 Å². The molecular weight excluding hydrogens is 406 g/mol. The Hall–Kier alpha value is -4.13. The van der Waals surface area contributed by atoms with Gasteiger partial charge in [-0.25, -0.2) is 0 Å². The summed E-state index contributed by atoms with van der Waals surface area (Å²) in [7, 11) is 1.54. The van der Waals surface area contributed by atoms with Gasteiger partial charge in [0.2, 0.25) is 0 Å². The van der Waals surface area contributed by atoms with E-state index < -0.39 is 5.91 Å². The number of benzene rings is 2. The number of nitrogens with zero attached hydrogens (tertiary/aromatic N) is 2. The van der Waals surface area contributed by atoms with Gasteiger partial charge < -0.3 is 14.8 Å². The minimum Gasteiger partial charge on any atom is -0.496 e. The lowest BCUT2D eigenvalue weighted by molar-refractivity contribution is -0.137. The minimum atomic E-state index is -0.408. The molecule has 0 aliphatic carbocycles. The van der Waals surface area contributed by atoms with E-state index in [4.69, 9.17) is 9.47 Å². The van der Waals surface area contributed by atoms with Gasteiger partial charge in [-0.3, -0.25) is 19.5 Å². The van der Waals surface area contributed by atoms with Gasteiger partial charge in [0.25, 0.3) is 11.8 Å². The van der Waals surface area contributed by atoms with Crippen molar-refractivity contribution < 1.29 is 19.1 Å². The number of methoxy groups -OCH3 is 1. The largest absolute Gasteiger partial charge is 0.496 e. The Kier molecular flexibility index (Phi) is 6.17. The molecule has 1 aromatic heterocycles. The van der Waals surface area contributed by atoms with Gasteiger partial charge in [0.15, 0.2) is 0 Å². The highest BCUT2D eigenvalue weighted by molar-refractivity contribution is 6.36. The van der Waals surface area contributed by atoms with Gasteiger partial charge >= 0.3 is 0 Å². The Labute approximate surface area is 186 Å². The van der Waals surface area contributed by atoms with Crippen LogP contribution in [0.15, 0.2) is 78.8 Å². The number of para-hydroxylation sites is 1. The smallest absolute Gasteiger partial charge is 0.278 e. The number of nitrogens with one attached hydrogen (secondary N) is 1. The van der Waals surface area contributed by atoms with E-state index in [0.717, 1.165) is 5.56 Å². The Bertz CT molecular complexity index is 1170. The van der Waals surface area contributed by atoms with E-state index in [-0.39, 0.29) is 23.7 Å². The van der Waals surface area contributed by atoms with E-state index in [1.54, 1.807) is 42.7 Å². The summed E-state index contributed by atoms with van der Waals surface area (Å²) >= 11 is 0. The van der Waals surface area contributed by atoms with Crippen LogP contribution in [0, 0.1) is 0 Å². The molecule has 0 radical (unpaired) electrons. The maximum Gasteiger partial charge on any atom is 0.278 e. The zero-order valence-corrected chi connectivity index (χ0v) is 17.9. The van der Waals surface area contributed by atoms with Crippen molar-refractivity contribution in [3.05, 3.63) is 89.9 Å². The second-order valence-electron chi connectivity index (χ2n) is 7.09. The normalized spacial score (nSPS) is 13.5. The number of hydrogen-bond donors (Lipinski definition) is 1. The number of carbonyl (C=O) groups excluding carboxylic acids is 2. The van der Waals surface area contributed by atoms with E-state index in [2.05, 4.69) is 10.3 Å². The van der Waals surface area contributed by atoms with Crippen LogP contribution < -0.4 is 14.8 Å². The number of ether oxygens (including phenoxy) is 2. The highest BCUT2D eigenvalue weighted by atomic mass is 16.5. The lowest BCUT2D eigenvalue weighted by atomic mass is 10.0. The number of imide groups is 1. The molecule has 2 heterocycles. The van der Waals surface area contributed by atoms with Gasteiger partial charge in [-0.1, -0.05) is 24.3 Å². The third-order valence-electron chi connectivity index (χ3n) is 5.05. The Balaban J connectivity index is 1.77. The van der Waals surface area contributed by atoms with Gasteiger partial charge in [-0.2, -0.15) is 0 Å². The molecule has 0 fully saturated rings. The molecule has 7 nitrogen and oxygen atoms in total. The number of aromatic nitrogens is 1. The summed E-state index contributed by atoms with van der Waals surface area (Å²) in [5.74, 6) is 0.383. The van der Waals surface area contributed by atoms with Crippen molar-refractivity contribution in [1.29, 1.82) is 0 Å². The monoisotopic (exact) mass is 429 g/mol. The van der Waals surface area contributed by atoms with Crippen LogP contribution in [0.3, 0.4) is 0 Å². The molecule has 162 valence electrons. The van der Waals surface area contributed by atoms with Crippen molar-refractivity contribution in [2.24, 2.45) is 0 Å². The second kappa shape index (κ2) is 9.34. The molecule has 1 aliphatic heterocycles. The average molecular weight is 429 g/mol. The lowest BCUT2D eigenvalue weighted by Crippen LogP contribution is -2.32. The summed E-state index contributed by atoms with van der Waals surface area (Å²) in [6.45, 7) is 2.57. The molecule has 32 heavy (non-hydrogen) atoms. The second-order valence-corrected chi connectivity index (χ2v) is 7.09. The quantitative estimate of drug-likeness (QED) is 0.548. The molecule has 0 atom stereocenters. The first kappa shape index (κ1) is 21.1. The number of hydrogen-bond acceptors (Lipinski definition) is 6. The van der Waals surface area contributed by atoms with Crippen LogP contribution in [0.1, 0.15) is 18.1 Å². The zero-order chi connectivity index (χ0) is 22.5. The summed E-state index contributed by atoms with van der Waals surface area (Å²) in [5, 5.41) is 3.16. The Morgan fingerprint density at radius 1 is 0.969 bits per heavy atom. The maximum absolute atomic E-state index is 13.5. The summed E-state index contributed by atoms with van der Waals surface area (Å²) in [6.07, 6.45) is 3.26. The highest BCUT2D eigenvalue weighted by Crippen LogP contribution is 2.36. The maximum atomic E-state index is 13.5. The number of anilines is 1. The fourth-order valence-electron chi connectivity index (χ4n) is 3.58. The molecule has 0 bridgehead atoms. The molecule has 2 amide bonds. The van der Waals surface area contributed by atoms with Gasteiger partial charge in [0.1, 0.15) is 17.2 Å². The number of pyridine rings is 1. The third-order valence-corrected chi connectivity index (χ3v) is 5.05. The van der Waals surface area contributed by atoms with Crippen LogP contribution in [0.25, 0.3) is 5.57 Å². The van der Waals surface area contributed by atoms with E-state index >= 15 is 0 Å². The standard InChI is InChI=1S/C25H23N3O4/c1-3-32-19-8-6-7-18(15-19)27-23-22(20-9-4-5-10-21(20)31-2)24(29)28(25(23)30)16-17-11-13-26-14-12-17/h4-15,27H,3,16H2,1-2H3. The fraction of sp³-hybridized carbons (Fsp3) is 0.160. The molecule has 0 unspecified atom stereocenters. The Morgan fingerprint density at radius 2 is 1.75 bits per heavy atom. The Morgan fingerprint density at radius 3 is 2.50 bits per heavy atom. The summed E-state index contributed by atoms with van der Waals surface area (Å²) in [4.78, 5) is 32.1. The molecule has 0 saturated carbocycles. The molecule has 1 aliphatic rings. The lowest BCUT2D eigenvalue weighted by Gasteiger charge is -2.15. The van der Waals surface area contributed by atoms with Crippen molar-refractivity contribution in [3.8, 4) is 11.5 Å². The van der Waals surface area contributed by atoms with Crippen molar-refractivity contribution in [3.63, 3.8) is 0 Å². The van der Waals surface area contributed by atoms with Crippen molar-refractivity contribution in [2.45, 2.75) is 13.5 Å². The minimum absolute atomic E-state index is 0.142. The van der Waals surface area contributed by atoms with Crippen LogP contribution in [0.5, 0.6) is 11.5 Å². The fourth-order valence-corrected chi connectivity index (χ4v) is 3.58. The van der Waals surface area contributed by atoms with Gasteiger partial charge in [-0.15, -0.1) is 0 Å². The predicted octanol–water partition coefficient (Wildman–Crippen LogP) is 3.88. The van der Waals surface area contributed by atoms with E-state index in [0.29, 0.717) is 29.4 Å². The number of rotatable bonds is 8. The predicted molar refractivity (Wildman–Crippen MR) is 121 cm³/mol. The molecule has 3 aromatic rings. The topological polar surface area (TPSA) is 80.8 Å². The summed E-state index contributed by atoms with van der Waals surface area (Å²) < 4.78 is 11.0. The number of carbonyl (C=O) groups is 2. The van der Waals surface area contributed by atoms with E-state index in [9.17, 15) is 9.59 Å². The van der Waals surface area contributed by atoms with Crippen molar-refractivity contribution >= 4 is 23.1 Å². The molecule has 0 spiro atoms. The van der Waals surface area contributed by atoms with Crippen molar-refractivity contribution in [1.82, 2.24) is 9.88 Å². The first-order valence-corrected chi connectivity index (χ1v) is 10.2. The van der Waals surface area contributed by atoms with E-state index in [1.165, 1.54) is 12.0 Å². The van der Waals surface area contributed by atoms with Crippen LogP contribution in [-0.4, -0.2) is 35.4 Å². The molecule has 0 saturated heterocycles. The molecule has 2 aromatic carbocycles. The molecule has 7 heteroatoms.